The van der Waals surface area contributed by atoms with Gasteiger partial charge in [-0.1, -0.05) is 41.6 Å². The van der Waals surface area contributed by atoms with Crippen molar-refractivity contribution in [2.24, 2.45) is 5.73 Å². The maximum absolute atomic E-state index is 12.4. The van der Waals surface area contributed by atoms with Crippen LogP contribution in [0.4, 0.5) is 13.2 Å². The number of nitrogens with zero attached hydrogens (tertiary/aromatic N) is 1. The van der Waals surface area contributed by atoms with Gasteiger partial charge in [-0.05, 0) is 17.7 Å². The van der Waals surface area contributed by atoms with Crippen molar-refractivity contribution in [2.45, 2.75) is 13.0 Å². The maximum atomic E-state index is 12.4. The minimum absolute atomic E-state index is 0.0264. The predicted octanol–water partition coefficient (Wildman–Crippen LogP) is 3.92. The maximum Gasteiger partial charge on any atom is 0.573 e. The van der Waals surface area contributed by atoms with Crippen LogP contribution >= 0.6 is 0 Å². The van der Waals surface area contributed by atoms with Crippen LogP contribution in [0.25, 0.3) is 11.3 Å². The second-order valence-corrected chi connectivity index (χ2v) is 5.42. The van der Waals surface area contributed by atoms with Crippen LogP contribution in [0.1, 0.15) is 16.1 Å². The Labute approximate surface area is 151 Å². The fourth-order valence-electron chi connectivity index (χ4n) is 2.24. The van der Waals surface area contributed by atoms with E-state index in [9.17, 15) is 18.0 Å². The van der Waals surface area contributed by atoms with E-state index < -0.39 is 18.0 Å². The van der Waals surface area contributed by atoms with Crippen LogP contribution in [0.15, 0.2) is 59.1 Å². The summed E-state index contributed by atoms with van der Waals surface area (Å²) in [6, 6.07) is 13.8. The highest BCUT2D eigenvalue weighted by Gasteiger charge is 2.32. The average Bonchev–Trinajstić information content (AvgIpc) is 3.11. The number of ether oxygens (including phenoxy) is 2. The number of carbonyl (C=O) groups is 1. The van der Waals surface area contributed by atoms with Gasteiger partial charge < -0.3 is 19.7 Å². The molecule has 27 heavy (non-hydrogen) atoms. The smallest absolute Gasteiger partial charge is 0.485 e. The van der Waals surface area contributed by atoms with E-state index in [0.717, 1.165) is 0 Å². The molecule has 9 heteroatoms. The molecule has 1 heterocycles. The van der Waals surface area contributed by atoms with Crippen molar-refractivity contribution in [3.05, 3.63) is 65.9 Å². The standard InChI is InChI=1S/C18H13F3N2O4/c19-18(20,21)26-15-4-2-1-3-14(15)25-10-11-5-7-12(8-6-11)13-9-16(17(22)24)27-23-13/h1-9H,10H2,(H2,22,24). The SMILES string of the molecule is NC(=O)c1cc(-c2ccc(COc3ccccc3OC(F)(F)F)cc2)no1. The van der Waals surface area contributed by atoms with E-state index in [4.69, 9.17) is 15.0 Å². The van der Waals surface area contributed by atoms with Crippen molar-refractivity contribution in [1.82, 2.24) is 5.16 Å². The molecule has 0 aliphatic rings. The Kier molecular flexibility index (Phi) is 5.02. The second kappa shape index (κ2) is 7.40. The number of benzene rings is 2. The number of para-hydroxylation sites is 2. The van der Waals surface area contributed by atoms with Crippen molar-refractivity contribution in [1.29, 1.82) is 0 Å². The lowest BCUT2D eigenvalue weighted by atomic mass is 10.1. The van der Waals surface area contributed by atoms with Crippen LogP contribution in [-0.2, 0) is 6.61 Å². The van der Waals surface area contributed by atoms with Gasteiger partial charge in [-0.2, -0.15) is 0 Å². The molecule has 0 atom stereocenters. The summed E-state index contributed by atoms with van der Waals surface area (Å²) in [5, 5.41) is 3.75. The molecule has 2 N–H and O–H groups in total. The number of rotatable bonds is 6. The Morgan fingerprint density at radius 2 is 1.74 bits per heavy atom. The average molecular weight is 378 g/mol. The Bertz CT molecular complexity index is 936. The van der Waals surface area contributed by atoms with Crippen molar-refractivity contribution >= 4 is 5.91 Å². The molecule has 2 aromatic carbocycles. The molecule has 0 aliphatic carbocycles. The van der Waals surface area contributed by atoms with E-state index in [1.165, 1.54) is 24.3 Å². The molecule has 1 amide bonds. The minimum atomic E-state index is -4.80. The Hall–Kier alpha value is -3.49. The Morgan fingerprint density at radius 1 is 1.07 bits per heavy atom. The summed E-state index contributed by atoms with van der Waals surface area (Å²) in [7, 11) is 0. The van der Waals surface area contributed by atoms with Crippen molar-refractivity contribution < 1.29 is 32.0 Å². The summed E-state index contributed by atoms with van der Waals surface area (Å²) < 4.78 is 51.4. The highest BCUT2D eigenvalue weighted by atomic mass is 19.4. The van der Waals surface area contributed by atoms with Crippen LogP contribution in [0.5, 0.6) is 11.5 Å². The number of aromatic nitrogens is 1. The van der Waals surface area contributed by atoms with Crippen LogP contribution in [0.3, 0.4) is 0 Å². The van der Waals surface area contributed by atoms with Crippen molar-refractivity contribution in [3.8, 4) is 22.8 Å². The molecule has 3 rings (SSSR count). The van der Waals surface area contributed by atoms with Crippen molar-refractivity contribution in [3.63, 3.8) is 0 Å². The van der Waals surface area contributed by atoms with Crippen LogP contribution < -0.4 is 15.2 Å². The lowest BCUT2D eigenvalue weighted by Gasteiger charge is -2.14. The molecule has 1 aromatic heterocycles. The lowest BCUT2D eigenvalue weighted by molar-refractivity contribution is -0.275. The number of hydrogen-bond acceptors (Lipinski definition) is 5. The summed E-state index contributed by atoms with van der Waals surface area (Å²) in [6.45, 7) is 0.0316. The zero-order valence-corrected chi connectivity index (χ0v) is 13.7. The summed E-state index contributed by atoms with van der Waals surface area (Å²) in [5.41, 5.74) is 6.92. The van der Waals surface area contributed by atoms with Gasteiger partial charge in [-0.25, -0.2) is 0 Å². The third kappa shape index (κ3) is 4.78. The molecule has 0 saturated carbocycles. The topological polar surface area (TPSA) is 87.6 Å². The van der Waals surface area contributed by atoms with Gasteiger partial charge in [0.05, 0.1) is 0 Å². The molecule has 0 radical (unpaired) electrons. The number of nitrogens with two attached hydrogens (primary N) is 1. The van der Waals surface area contributed by atoms with Gasteiger partial charge in [-0.3, -0.25) is 4.79 Å². The fraction of sp³-hybridized carbons (Fsp3) is 0.111. The monoisotopic (exact) mass is 378 g/mol. The van der Waals surface area contributed by atoms with Gasteiger partial charge in [-0.15, -0.1) is 13.2 Å². The van der Waals surface area contributed by atoms with Gasteiger partial charge in [0.1, 0.15) is 12.3 Å². The highest BCUT2D eigenvalue weighted by molar-refractivity contribution is 5.90. The molecule has 140 valence electrons. The van der Waals surface area contributed by atoms with E-state index >= 15 is 0 Å². The molecule has 0 saturated heterocycles. The molecule has 0 aliphatic heterocycles. The van der Waals surface area contributed by atoms with Gasteiger partial charge in [0.25, 0.3) is 5.91 Å². The Morgan fingerprint density at radius 3 is 2.33 bits per heavy atom. The summed E-state index contributed by atoms with van der Waals surface area (Å²) in [5.74, 6) is -1.22. The first-order chi connectivity index (χ1) is 12.8. The first kappa shape index (κ1) is 18.3. The number of halogens is 3. The minimum Gasteiger partial charge on any atom is -0.485 e. The van der Waals surface area contributed by atoms with E-state index in [2.05, 4.69) is 9.89 Å². The first-order valence-corrected chi connectivity index (χ1v) is 7.65. The lowest BCUT2D eigenvalue weighted by Crippen LogP contribution is -2.17. The molecule has 0 bridgehead atoms. The van der Waals surface area contributed by atoms with Crippen LogP contribution in [0, 0.1) is 0 Å². The number of alkyl halides is 3. The predicted molar refractivity (Wildman–Crippen MR) is 87.9 cm³/mol. The summed E-state index contributed by atoms with van der Waals surface area (Å²) >= 11 is 0. The molecule has 0 spiro atoms. The second-order valence-electron chi connectivity index (χ2n) is 5.42. The fourth-order valence-corrected chi connectivity index (χ4v) is 2.24. The molecular formula is C18H13F3N2O4. The summed E-state index contributed by atoms with van der Waals surface area (Å²) in [4.78, 5) is 11.0. The third-order valence-corrected chi connectivity index (χ3v) is 3.47. The molecule has 6 nitrogen and oxygen atoms in total. The largest absolute Gasteiger partial charge is 0.573 e. The first-order valence-electron chi connectivity index (χ1n) is 7.65. The molecule has 3 aromatic rings. The highest BCUT2D eigenvalue weighted by Crippen LogP contribution is 2.32. The molecule has 0 fully saturated rings. The third-order valence-electron chi connectivity index (χ3n) is 3.47. The van der Waals surface area contributed by atoms with Crippen LogP contribution in [0.2, 0.25) is 0 Å². The van der Waals surface area contributed by atoms with E-state index in [1.54, 1.807) is 30.3 Å². The number of amides is 1. The summed E-state index contributed by atoms with van der Waals surface area (Å²) in [6.07, 6.45) is -4.80. The van der Waals surface area contributed by atoms with Gasteiger partial charge >= 0.3 is 6.36 Å². The zero-order chi connectivity index (χ0) is 19.4. The van der Waals surface area contributed by atoms with Crippen LogP contribution in [-0.4, -0.2) is 17.4 Å². The number of hydrogen-bond donors (Lipinski definition) is 1. The van der Waals surface area contributed by atoms with E-state index in [0.29, 0.717) is 16.8 Å². The molecular weight excluding hydrogens is 365 g/mol. The number of carbonyl (C=O) groups excluding carboxylic acids is 1. The number of primary amides is 1. The van der Waals surface area contributed by atoms with Gasteiger partial charge in [0, 0.05) is 11.6 Å². The zero-order valence-electron chi connectivity index (χ0n) is 13.7. The van der Waals surface area contributed by atoms with E-state index in [-0.39, 0.29) is 18.1 Å². The molecule has 0 unspecified atom stereocenters. The van der Waals surface area contributed by atoms with Crippen molar-refractivity contribution in [2.75, 3.05) is 0 Å². The van der Waals surface area contributed by atoms with Gasteiger partial charge in [0.2, 0.25) is 5.76 Å². The Balaban J connectivity index is 1.68. The van der Waals surface area contributed by atoms with Gasteiger partial charge in [0.15, 0.2) is 11.5 Å². The normalized spacial score (nSPS) is 11.2. The quantitative estimate of drug-likeness (QED) is 0.703. The van der Waals surface area contributed by atoms with E-state index in [1.807, 2.05) is 0 Å².